The molecule has 0 saturated carbocycles. The number of anilines is 1. The third kappa shape index (κ3) is 3.32. The number of hydrogen-bond donors (Lipinski definition) is 0. The number of ether oxygens (including phenoxy) is 2. The number of para-hydroxylation sites is 2. The molecule has 26 heavy (non-hydrogen) atoms. The fraction of sp³-hybridized carbons (Fsp3) is 0.200. The Kier molecular flexibility index (Phi) is 5.32. The maximum atomic E-state index is 13.0. The van der Waals surface area contributed by atoms with Crippen molar-refractivity contribution in [1.29, 1.82) is 0 Å². The summed E-state index contributed by atoms with van der Waals surface area (Å²) in [6.07, 6.45) is 0. The van der Waals surface area contributed by atoms with Crippen LogP contribution in [0.3, 0.4) is 0 Å². The molecule has 0 aromatic heterocycles. The van der Waals surface area contributed by atoms with E-state index in [1.54, 1.807) is 25.3 Å². The van der Waals surface area contributed by atoms with Crippen molar-refractivity contribution >= 4 is 34.2 Å². The van der Waals surface area contributed by atoms with Gasteiger partial charge in [0.05, 0.1) is 24.3 Å². The average Bonchev–Trinajstić information content (AvgIpc) is 2.96. The van der Waals surface area contributed by atoms with Gasteiger partial charge < -0.3 is 9.47 Å². The van der Waals surface area contributed by atoms with Gasteiger partial charge in [-0.2, -0.15) is 0 Å². The van der Waals surface area contributed by atoms with Crippen LogP contribution in [0.5, 0.6) is 11.5 Å². The maximum absolute atomic E-state index is 13.0. The molecular formula is C20H19NO4S. The first-order chi connectivity index (χ1) is 12.6. The van der Waals surface area contributed by atoms with Crippen LogP contribution >= 0.6 is 11.8 Å². The lowest BCUT2D eigenvalue weighted by molar-refractivity contribution is -0.113. The predicted molar refractivity (Wildman–Crippen MR) is 104 cm³/mol. The van der Waals surface area contributed by atoms with Gasteiger partial charge in [-0.15, -0.1) is 0 Å². The average molecular weight is 369 g/mol. The molecule has 1 saturated heterocycles. The number of imide groups is 1. The van der Waals surface area contributed by atoms with Crippen molar-refractivity contribution in [3.8, 4) is 11.5 Å². The van der Waals surface area contributed by atoms with Crippen molar-refractivity contribution < 1.29 is 19.1 Å². The Labute approximate surface area is 156 Å². The zero-order chi connectivity index (χ0) is 18.7. The molecule has 0 N–H and O–H groups in total. The van der Waals surface area contributed by atoms with Crippen LogP contribution < -0.4 is 14.4 Å². The molecule has 2 aromatic carbocycles. The summed E-state index contributed by atoms with van der Waals surface area (Å²) in [5.74, 6) is 0.918. The van der Waals surface area contributed by atoms with Gasteiger partial charge in [-0.1, -0.05) is 24.3 Å². The van der Waals surface area contributed by atoms with Gasteiger partial charge in [-0.3, -0.25) is 9.59 Å². The number of hydrogen-bond acceptors (Lipinski definition) is 5. The molecule has 1 fully saturated rings. The minimum absolute atomic E-state index is 0.329. The van der Waals surface area contributed by atoms with Crippen LogP contribution in [0.1, 0.15) is 19.4 Å². The summed E-state index contributed by atoms with van der Waals surface area (Å²) in [5.41, 5.74) is 2.09. The molecule has 2 aromatic rings. The van der Waals surface area contributed by atoms with Gasteiger partial charge in [0.2, 0.25) is 0 Å². The summed E-state index contributed by atoms with van der Waals surface area (Å²) in [6, 6.07) is 14.5. The third-order valence-electron chi connectivity index (χ3n) is 4.04. The normalized spacial score (nSPS) is 16.0. The summed E-state index contributed by atoms with van der Waals surface area (Å²) >= 11 is 0.947. The Bertz CT molecular complexity index is 874. The Balaban J connectivity index is 1.98. The quantitative estimate of drug-likeness (QED) is 0.714. The number of thioether (sulfide) groups is 1. The van der Waals surface area contributed by atoms with Crippen molar-refractivity contribution in [2.75, 3.05) is 18.6 Å². The SMILES string of the molecule is CCOc1ccccc1N1C(=O)S/C(=C(/C)c2ccc(OC)cc2)C1=O. The number of amides is 2. The second-order valence-corrected chi connectivity index (χ2v) is 6.55. The topological polar surface area (TPSA) is 55.8 Å². The number of allylic oxidation sites excluding steroid dienone is 1. The maximum Gasteiger partial charge on any atom is 0.298 e. The smallest absolute Gasteiger partial charge is 0.298 e. The summed E-state index contributed by atoms with van der Waals surface area (Å²) in [7, 11) is 1.60. The molecule has 0 aliphatic carbocycles. The van der Waals surface area contributed by atoms with Crippen LogP contribution in [0.25, 0.3) is 5.57 Å². The highest BCUT2D eigenvalue weighted by Crippen LogP contribution is 2.41. The van der Waals surface area contributed by atoms with Gasteiger partial charge in [0, 0.05) is 0 Å². The lowest BCUT2D eigenvalue weighted by Gasteiger charge is -2.17. The highest BCUT2D eigenvalue weighted by molar-refractivity contribution is 8.19. The summed E-state index contributed by atoms with van der Waals surface area (Å²) in [5, 5.41) is -0.329. The van der Waals surface area contributed by atoms with E-state index in [9.17, 15) is 9.59 Å². The van der Waals surface area contributed by atoms with Crippen molar-refractivity contribution in [3.05, 3.63) is 59.0 Å². The van der Waals surface area contributed by atoms with Crippen molar-refractivity contribution in [2.24, 2.45) is 0 Å². The third-order valence-corrected chi connectivity index (χ3v) is 5.08. The number of nitrogens with zero attached hydrogens (tertiary/aromatic N) is 1. The first kappa shape index (κ1) is 18.1. The molecule has 0 atom stereocenters. The van der Waals surface area contributed by atoms with Crippen molar-refractivity contribution in [2.45, 2.75) is 13.8 Å². The molecule has 0 radical (unpaired) electrons. The van der Waals surface area contributed by atoms with Crippen LogP contribution in [0.2, 0.25) is 0 Å². The van der Waals surface area contributed by atoms with E-state index < -0.39 is 0 Å². The van der Waals surface area contributed by atoms with Gasteiger partial charge in [-0.05, 0) is 61.0 Å². The summed E-state index contributed by atoms with van der Waals surface area (Å²) in [4.78, 5) is 27.1. The highest BCUT2D eigenvalue weighted by atomic mass is 32.2. The van der Waals surface area contributed by atoms with E-state index in [2.05, 4.69) is 0 Å². The van der Waals surface area contributed by atoms with Gasteiger partial charge >= 0.3 is 0 Å². The zero-order valence-electron chi connectivity index (χ0n) is 14.8. The van der Waals surface area contributed by atoms with Gasteiger partial charge in [0.25, 0.3) is 11.1 Å². The number of carbonyl (C=O) groups excluding carboxylic acids is 2. The zero-order valence-corrected chi connectivity index (χ0v) is 15.6. The van der Waals surface area contributed by atoms with Crippen LogP contribution in [-0.2, 0) is 4.79 Å². The van der Waals surface area contributed by atoms with E-state index >= 15 is 0 Å². The van der Waals surface area contributed by atoms with E-state index in [0.29, 0.717) is 22.9 Å². The molecule has 134 valence electrons. The van der Waals surface area contributed by atoms with Crippen LogP contribution in [-0.4, -0.2) is 24.9 Å². The lowest BCUT2D eigenvalue weighted by Crippen LogP contribution is -2.28. The number of methoxy groups -OCH3 is 1. The van der Waals surface area contributed by atoms with E-state index in [1.807, 2.05) is 44.2 Å². The molecule has 5 nitrogen and oxygen atoms in total. The van der Waals surface area contributed by atoms with Crippen LogP contribution in [0.15, 0.2) is 53.4 Å². The fourth-order valence-corrected chi connectivity index (χ4v) is 3.59. The van der Waals surface area contributed by atoms with Crippen LogP contribution in [0.4, 0.5) is 10.5 Å². The van der Waals surface area contributed by atoms with E-state index in [4.69, 9.17) is 9.47 Å². The number of carbonyl (C=O) groups is 2. The molecule has 0 unspecified atom stereocenters. The standard InChI is InChI=1S/C20H19NO4S/c1-4-25-17-8-6-5-7-16(17)21-19(22)18(26-20(21)23)13(2)14-9-11-15(24-3)12-10-14/h5-12H,4H2,1-3H3/b18-13-. The first-order valence-corrected chi connectivity index (χ1v) is 9.01. The Morgan fingerprint density at radius 3 is 2.42 bits per heavy atom. The van der Waals surface area contributed by atoms with E-state index in [1.165, 1.54) is 4.90 Å². The van der Waals surface area contributed by atoms with E-state index in [-0.39, 0.29) is 11.1 Å². The minimum atomic E-state index is -0.333. The van der Waals surface area contributed by atoms with Crippen LogP contribution in [0, 0.1) is 0 Å². The Hall–Kier alpha value is -2.73. The fourth-order valence-electron chi connectivity index (χ4n) is 2.70. The largest absolute Gasteiger partial charge is 0.497 e. The first-order valence-electron chi connectivity index (χ1n) is 8.20. The highest BCUT2D eigenvalue weighted by Gasteiger charge is 2.39. The van der Waals surface area contributed by atoms with E-state index in [0.717, 1.165) is 28.6 Å². The molecule has 0 bridgehead atoms. The Morgan fingerprint density at radius 2 is 1.77 bits per heavy atom. The summed E-state index contributed by atoms with van der Waals surface area (Å²) < 4.78 is 10.7. The monoisotopic (exact) mass is 369 g/mol. The molecule has 1 aliphatic heterocycles. The molecule has 6 heteroatoms. The number of benzene rings is 2. The van der Waals surface area contributed by atoms with Gasteiger partial charge in [0.1, 0.15) is 11.5 Å². The molecule has 2 amide bonds. The lowest BCUT2D eigenvalue weighted by atomic mass is 10.1. The predicted octanol–water partition coefficient (Wildman–Crippen LogP) is 4.72. The Morgan fingerprint density at radius 1 is 1.08 bits per heavy atom. The molecule has 0 spiro atoms. The summed E-state index contributed by atoms with van der Waals surface area (Å²) in [6.45, 7) is 4.15. The molecule has 1 aliphatic rings. The minimum Gasteiger partial charge on any atom is -0.497 e. The molecule has 1 heterocycles. The second kappa shape index (κ2) is 7.66. The van der Waals surface area contributed by atoms with Gasteiger partial charge in [-0.25, -0.2) is 4.90 Å². The van der Waals surface area contributed by atoms with Gasteiger partial charge in [0.15, 0.2) is 0 Å². The van der Waals surface area contributed by atoms with Crippen molar-refractivity contribution in [3.63, 3.8) is 0 Å². The van der Waals surface area contributed by atoms with Crippen molar-refractivity contribution in [1.82, 2.24) is 0 Å². The molecular weight excluding hydrogens is 350 g/mol. The number of rotatable bonds is 5. The molecule has 3 rings (SSSR count). The second-order valence-electron chi connectivity index (χ2n) is 5.59.